The Bertz CT molecular complexity index is 356. The second-order valence-electron chi connectivity index (χ2n) is 2.25. The Labute approximate surface area is 69.0 Å². The van der Waals surface area contributed by atoms with Gasteiger partial charge in [-0.15, -0.1) is 11.3 Å². The van der Waals surface area contributed by atoms with Crippen LogP contribution >= 0.6 is 11.3 Å². The van der Waals surface area contributed by atoms with Crippen molar-refractivity contribution in [3.63, 3.8) is 0 Å². The van der Waals surface area contributed by atoms with E-state index in [-0.39, 0.29) is 0 Å². The first-order valence-corrected chi connectivity index (χ1v) is 4.19. The molecule has 2 heterocycles. The fourth-order valence-corrected chi connectivity index (χ4v) is 1.84. The number of fused-ring (bicyclic) bond motifs is 1. The summed E-state index contributed by atoms with van der Waals surface area (Å²) in [5.74, 6) is 0. The number of thiophene rings is 1. The molecule has 0 spiro atoms. The quantitative estimate of drug-likeness (QED) is 0.626. The molecule has 0 saturated carbocycles. The minimum absolute atomic E-state index is 1.09. The summed E-state index contributed by atoms with van der Waals surface area (Å²) in [6.07, 6.45) is 3.66. The lowest BCUT2D eigenvalue weighted by atomic mass is 10.3. The molecule has 0 aromatic carbocycles. The van der Waals surface area contributed by atoms with Crippen molar-refractivity contribution in [3.05, 3.63) is 35.9 Å². The maximum absolute atomic E-state index is 4.22. The van der Waals surface area contributed by atoms with Crippen LogP contribution in [0.1, 0.15) is 4.88 Å². The molecule has 2 rings (SSSR count). The first-order valence-electron chi connectivity index (χ1n) is 3.37. The van der Waals surface area contributed by atoms with Gasteiger partial charge in [-0.2, -0.15) is 0 Å². The molecule has 0 amide bonds. The molecule has 0 atom stereocenters. The van der Waals surface area contributed by atoms with E-state index in [2.05, 4.69) is 23.7 Å². The van der Waals surface area contributed by atoms with Gasteiger partial charge in [0.15, 0.2) is 0 Å². The van der Waals surface area contributed by atoms with Gasteiger partial charge in [0.05, 0.1) is 0 Å². The predicted octanol–water partition coefficient (Wildman–Crippen LogP) is 2.94. The zero-order chi connectivity index (χ0) is 7.68. The van der Waals surface area contributed by atoms with Gasteiger partial charge in [-0.1, -0.05) is 18.7 Å². The van der Waals surface area contributed by atoms with Gasteiger partial charge in [-0.3, -0.25) is 0 Å². The van der Waals surface area contributed by atoms with Gasteiger partial charge in [-0.25, -0.2) is 4.98 Å². The number of aromatic nitrogens is 1. The predicted molar refractivity (Wildman–Crippen MR) is 49.7 cm³/mol. The van der Waals surface area contributed by atoms with Crippen LogP contribution in [-0.2, 0) is 0 Å². The van der Waals surface area contributed by atoms with E-state index in [1.165, 1.54) is 10.3 Å². The lowest BCUT2D eigenvalue weighted by Gasteiger charge is -1.81. The van der Waals surface area contributed by atoms with Crippen molar-refractivity contribution in [2.24, 2.45) is 0 Å². The molecule has 0 N–H and O–H groups in total. The molecule has 0 fully saturated rings. The summed E-state index contributed by atoms with van der Waals surface area (Å²) in [7, 11) is 0. The first-order chi connectivity index (χ1) is 5.40. The molecule has 0 aliphatic heterocycles. The number of rotatable bonds is 1. The Morgan fingerprint density at radius 2 is 2.45 bits per heavy atom. The SMILES string of the molecule is C=Cc1cc2cccnc2s1. The highest BCUT2D eigenvalue weighted by atomic mass is 32.1. The largest absolute Gasteiger partial charge is 0.245 e. The van der Waals surface area contributed by atoms with E-state index in [1.54, 1.807) is 11.3 Å². The molecule has 1 nitrogen and oxygen atoms in total. The summed E-state index contributed by atoms with van der Waals surface area (Å²) in [6.45, 7) is 3.71. The fraction of sp³-hybridized carbons (Fsp3) is 0. The zero-order valence-electron chi connectivity index (χ0n) is 5.95. The molecule has 0 aliphatic rings. The van der Waals surface area contributed by atoms with Gasteiger partial charge in [-0.05, 0) is 12.1 Å². The third-order valence-electron chi connectivity index (χ3n) is 1.51. The molecule has 2 heteroatoms. The molecule has 11 heavy (non-hydrogen) atoms. The minimum atomic E-state index is 1.09. The lowest BCUT2D eigenvalue weighted by molar-refractivity contribution is 1.45. The van der Waals surface area contributed by atoms with Crippen molar-refractivity contribution in [1.29, 1.82) is 0 Å². The number of hydrogen-bond donors (Lipinski definition) is 0. The van der Waals surface area contributed by atoms with Crippen molar-refractivity contribution >= 4 is 27.6 Å². The van der Waals surface area contributed by atoms with Gasteiger partial charge in [0.25, 0.3) is 0 Å². The van der Waals surface area contributed by atoms with E-state index in [0.29, 0.717) is 0 Å². The standard InChI is InChI=1S/C9H7NS/c1-2-8-6-7-4-3-5-10-9(7)11-8/h2-6H,1H2. The summed E-state index contributed by atoms with van der Waals surface area (Å²) >= 11 is 1.67. The van der Waals surface area contributed by atoms with Crippen molar-refractivity contribution in [1.82, 2.24) is 4.98 Å². The van der Waals surface area contributed by atoms with Gasteiger partial charge in [0.2, 0.25) is 0 Å². The average molecular weight is 161 g/mol. The second-order valence-corrected chi connectivity index (χ2v) is 3.31. The molecular formula is C9H7NS. The van der Waals surface area contributed by atoms with Gasteiger partial charge >= 0.3 is 0 Å². The molecule has 0 radical (unpaired) electrons. The number of pyridine rings is 1. The summed E-state index contributed by atoms with van der Waals surface area (Å²) in [5.41, 5.74) is 0. The fourth-order valence-electron chi connectivity index (χ4n) is 0.993. The Kier molecular flexibility index (Phi) is 1.47. The van der Waals surface area contributed by atoms with Crippen LogP contribution in [0.25, 0.3) is 16.3 Å². The Morgan fingerprint density at radius 1 is 1.55 bits per heavy atom. The van der Waals surface area contributed by atoms with Crippen LogP contribution in [0.4, 0.5) is 0 Å². The smallest absolute Gasteiger partial charge is 0.123 e. The van der Waals surface area contributed by atoms with E-state index in [1.807, 2.05) is 18.3 Å². The van der Waals surface area contributed by atoms with E-state index in [0.717, 1.165) is 4.83 Å². The summed E-state index contributed by atoms with van der Waals surface area (Å²) < 4.78 is 0. The molecule has 0 bridgehead atoms. The molecular weight excluding hydrogens is 154 g/mol. The number of nitrogens with zero attached hydrogens (tertiary/aromatic N) is 1. The van der Waals surface area contributed by atoms with Crippen LogP contribution < -0.4 is 0 Å². The summed E-state index contributed by atoms with van der Waals surface area (Å²) in [5, 5.41) is 1.20. The molecule has 0 saturated heterocycles. The third-order valence-corrected chi connectivity index (χ3v) is 2.57. The third kappa shape index (κ3) is 1.05. The lowest BCUT2D eigenvalue weighted by Crippen LogP contribution is -1.65. The molecule has 0 aliphatic carbocycles. The van der Waals surface area contributed by atoms with Crippen molar-refractivity contribution in [2.45, 2.75) is 0 Å². The van der Waals surface area contributed by atoms with Crippen LogP contribution in [-0.4, -0.2) is 4.98 Å². The molecule has 2 aromatic heterocycles. The van der Waals surface area contributed by atoms with E-state index >= 15 is 0 Å². The van der Waals surface area contributed by atoms with Crippen LogP contribution in [0, 0.1) is 0 Å². The van der Waals surface area contributed by atoms with Crippen molar-refractivity contribution in [3.8, 4) is 0 Å². The average Bonchev–Trinajstić information content (AvgIpc) is 2.46. The monoisotopic (exact) mass is 161 g/mol. The highest BCUT2D eigenvalue weighted by Gasteiger charge is 1.96. The van der Waals surface area contributed by atoms with Gasteiger partial charge < -0.3 is 0 Å². The van der Waals surface area contributed by atoms with Gasteiger partial charge in [0, 0.05) is 16.5 Å². The van der Waals surface area contributed by atoms with Gasteiger partial charge in [0.1, 0.15) is 4.83 Å². The Balaban J connectivity index is 2.78. The molecule has 0 unspecified atom stereocenters. The summed E-state index contributed by atoms with van der Waals surface area (Å²) in [6, 6.07) is 6.10. The van der Waals surface area contributed by atoms with Crippen molar-refractivity contribution in [2.75, 3.05) is 0 Å². The summed E-state index contributed by atoms with van der Waals surface area (Å²) in [4.78, 5) is 6.49. The van der Waals surface area contributed by atoms with E-state index in [9.17, 15) is 0 Å². The topological polar surface area (TPSA) is 12.9 Å². The minimum Gasteiger partial charge on any atom is -0.245 e. The van der Waals surface area contributed by atoms with Crippen LogP contribution in [0.3, 0.4) is 0 Å². The first kappa shape index (κ1) is 6.55. The van der Waals surface area contributed by atoms with Crippen LogP contribution in [0.2, 0.25) is 0 Å². The van der Waals surface area contributed by atoms with E-state index < -0.39 is 0 Å². The highest BCUT2D eigenvalue weighted by molar-refractivity contribution is 7.19. The Morgan fingerprint density at radius 3 is 3.18 bits per heavy atom. The van der Waals surface area contributed by atoms with Crippen LogP contribution in [0.5, 0.6) is 0 Å². The zero-order valence-corrected chi connectivity index (χ0v) is 6.77. The number of hydrogen-bond acceptors (Lipinski definition) is 2. The van der Waals surface area contributed by atoms with E-state index in [4.69, 9.17) is 0 Å². The van der Waals surface area contributed by atoms with Crippen LogP contribution in [0.15, 0.2) is 31.0 Å². The molecule has 2 aromatic rings. The highest BCUT2D eigenvalue weighted by Crippen LogP contribution is 2.23. The maximum Gasteiger partial charge on any atom is 0.123 e. The van der Waals surface area contributed by atoms with Crippen molar-refractivity contribution < 1.29 is 0 Å². The molecule has 54 valence electrons. The normalized spacial score (nSPS) is 10.2. The maximum atomic E-state index is 4.22. The Hall–Kier alpha value is -1.15. The second kappa shape index (κ2) is 2.47.